The molecule has 0 radical (unpaired) electrons. The van der Waals surface area contributed by atoms with Gasteiger partial charge >= 0.3 is 0 Å². The summed E-state index contributed by atoms with van der Waals surface area (Å²) in [6.07, 6.45) is 0. The van der Waals surface area contributed by atoms with Crippen molar-refractivity contribution in [3.8, 4) is 0 Å². The molecule has 0 aromatic heterocycles. The van der Waals surface area contributed by atoms with Crippen LogP contribution in [0, 0.1) is 0 Å². The SMILES string of the molecule is BCPOC. The molecule has 0 amide bonds. The first-order valence-corrected chi connectivity index (χ1v) is 2.79. The van der Waals surface area contributed by atoms with Gasteiger partial charge in [0.25, 0.3) is 0 Å². The van der Waals surface area contributed by atoms with Crippen molar-refractivity contribution >= 4 is 16.7 Å². The molecule has 1 atom stereocenters. The van der Waals surface area contributed by atoms with Gasteiger partial charge in [0.1, 0.15) is 7.85 Å². The van der Waals surface area contributed by atoms with E-state index in [0.29, 0.717) is 8.81 Å². The summed E-state index contributed by atoms with van der Waals surface area (Å²) in [6.45, 7) is 0. The highest BCUT2D eigenvalue weighted by atomic mass is 31.1. The smallest absolute Gasteiger partial charge is 0.109 e. The minimum absolute atomic E-state index is 0.698. The van der Waals surface area contributed by atoms with E-state index in [1.54, 1.807) is 7.11 Å². The van der Waals surface area contributed by atoms with Crippen molar-refractivity contribution in [2.24, 2.45) is 0 Å². The first-order chi connectivity index (χ1) is 2.41. The fraction of sp³-hybridized carbons (Fsp3) is 1.00. The van der Waals surface area contributed by atoms with E-state index in [9.17, 15) is 0 Å². The van der Waals surface area contributed by atoms with Crippen molar-refractivity contribution in [2.75, 3.05) is 13.2 Å². The van der Waals surface area contributed by atoms with Crippen LogP contribution in [0.1, 0.15) is 0 Å². The van der Waals surface area contributed by atoms with Gasteiger partial charge in [0.05, 0.1) is 0 Å². The lowest BCUT2D eigenvalue weighted by atomic mass is 10.2. The molecular formula is C2H8BOP. The summed E-state index contributed by atoms with van der Waals surface area (Å²) in [5.41, 5.74) is 0. The molecule has 0 saturated carbocycles. The van der Waals surface area contributed by atoms with Gasteiger partial charge in [-0.25, -0.2) is 0 Å². The predicted molar refractivity (Wildman–Crippen MR) is 28.7 cm³/mol. The van der Waals surface area contributed by atoms with Gasteiger partial charge in [-0.2, -0.15) is 0 Å². The van der Waals surface area contributed by atoms with Gasteiger partial charge in [-0.05, 0) is 6.06 Å². The Morgan fingerprint density at radius 2 is 2.60 bits per heavy atom. The van der Waals surface area contributed by atoms with Crippen molar-refractivity contribution < 1.29 is 4.52 Å². The van der Waals surface area contributed by atoms with Gasteiger partial charge in [0.15, 0.2) is 0 Å². The largest absolute Gasteiger partial charge is 0.366 e. The molecule has 0 aromatic carbocycles. The molecule has 0 heterocycles. The first kappa shape index (κ1) is 5.45. The van der Waals surface area contributed by atoms with Gasteiger partial charge in [0, 0.05) is 15.9 Å². The highest BCUT2D eigenvalue weighted by Crippen LogP contribution is 2.02. The minimum Gasteiger partial charge on any atom is -0.366 e. The van der Waals surface area contributed by atoms with E-state index in [0.717, 1.165) is 6.06 Å². The monoisotopic (exact) mass is 90.0 g/mol. The third-order valence-corrected chi connectivity index (χ3v) is 0.866. The Balaban J connectivity index is 2.19. The molecule has 0 saturated heterocycles. The molecule has 0 fully saturated rings. The first-order valence-electron chi connectivity index (χ1n) is 1.67. The van der Waals surface area contributed by atoms with Crippen molar-refractivity contribution in [1.82, 2.24) is 0 Å². The lowest BCUT2D eigenvalue weighted by Crippen LogP contribution is -1.67. The van der Waals surface area contributed by atoms with E-state index in [-0.39, 0.29) is 0 Å². The molecule has 5 heavy (non-hydrogen) atoms. The molecule has 0 aromatic rings. The summed E-state index contributed by atoms with van der Waals surface area (Å²) in [6, 6.07) is 1.15. The average molecular weight is 89.9 g/mol. The zero-order valence-corrected chi connectivity index (χ0v) is 4.62. The molecule has 0 N–H and O–H groups in total. The van der Waals surface area contributed by atoms with E-state index in [1.807, 2.05) is 0 Å². The van der Waals surface area contributed by atoms with Crippen LogP contribution < -0.4 is 0 Å². The van der Waals surface area contributed by atoms with E-state index in [1.165, 1.54) is 0 Å². The molecule has 0 aliphatic carbocycles. The molecule has 1 nitrogen and oxygen atoms in total. The Kier molecular flexibility index (Phi) is 4.86. The summed E-state index contributed by atoms with van der Waals surface area (Å²) in [4.78, 5) is 0. The number of hydrogen-bond donors (Lipinski definition) is 0. The van der Waals surface area contributed by atoms with Gasteiger partial charge in [-0.15, -0.1) is 0 Å². The molecule has 0 rings (SSSR count). The lowest BCUT2D eigenvalue weighted by molar-refractivity contribution is 0.478. The Bertz CT molecular complexity index is 17.1. The summed E-state index contributed by atoms with van der Waals surface area (Å²) >= 11 is 0. The van der Waals surface area contributed by atoms with E-state index < -0.39 is 0 Å². The third kappa shape index (κ3) is 4.45. The van der Waals surface area contributed by atoms with Crippen LogP contribution >= 0.6 is 8.81 Å². The topological polar surface area (TPSA) is 9.23 Å². The maximum absolute atomic E-state index is 4.72. The second-order valence-corrected chi connectivity index (χ2v) is 2.11. The van der Waals surface area contributed by atoms with Crippen LogP contribution in [-0.4, -0.2) is 21.0 Å². The highest BCUT2D eigenvalue weighted by molar-refractivity contribution is 7.34. The van der Waals surface area contributed by atoms with Gasteiger partial charge in [-0.3, -0.25) is 0 Å². The third-order valence-electron chi connectivity index (χ3n) is 0.289. The van der Waals surface area contributed by atoms with Gasteiger partial charge in [-0.1, -0.05) is 0 Å². The summed E-state index contributed by atoms with van der Waals surface area (Å²) in [5, 5.41) is 0. The van der Waals surface area contributed by atoms with Crippen LogP contribution in [0.25, 0.3) is 0 Å². The second kappa shape index (κ2) is 4.45. The zero-order valence-electron chi connectivity index (χ0n) is 3.62. The maximum Gasteiger partial charge on any atom is 0.109 e. The Morgan fingerprint density at radius 3 is 2.60 bits per heavy atom. The van der Waals surface area contributed by atoms with Crippen molar-refractivity contribution in [2.45, 2.75) is 0 Å². The second-order valence-electron chi connectivity index (χ2n) is 0.702. The maximum atomic E-state index is 4.72. The molecule has 0 bridgehead atoms. The molecule has 0 aliphatic rings. The van der Waals surface area contributed by atoms with Crippen LogP contribution in [0.4, 0.5) is 0 Å². The summed E-state index contributed by atoms with van der Waals surface area (Å²) < 4.78 is 4.72. The molecular weight excluding hydrogens is 81.8 g/mol. The van der Waals surface area contributed by atoms with E-state index >= 15 is 0 Å². The van der Waals surface area contributed by atoms with E-state index in [2.05, 4.69) is 7.85 Å². The van der Waals surface area contributed by atoms with Gasteiger partial charge in [0.2, 0.25) is 0 Å². The normalized spacial score (nSPS) is 10.6. The van der Waals surface area contributed by atoms with Crippen LogP contribution in [0.5, 0.6) is 0 Å². The lowest BCUT2D eigenvalue weighted by Gasteiger charge is -1.84. The zero-order chi connectivity index (χ0) is 4.12. The number of hydrogen-bond acceptors (Lipinski definition) is 1. The molecule has 1 unspecified atom stereocenters. The summed E-state index contributed by atoms with van der Waals surface area (Å²) in [7, 11) is 4.52. The van der Waals surface area contributed by atoms with Crippen LogP contribution in [0.15, 0.2) is 0 Å². The van der Waals surface area contributed by atoms with E-state index in [4.69, 9.17) is 4.52 Å². The Hall–Kier alpha value is 0.455. The van der Waals surface area contributed by atoms with Crippen molar-refractivity contribution in [3.63, 3.8) is 0 Å². The van der Waals surface area contributed by atoms with Crippen LogP contribution in [0.3, 0.4) is 0 Å². The quantitative estimate of drug-likeness (QED) is 0.337. The average Bonchev–Trinajstić information content (AvgIpc) is 1.41. The van der Waals surface area contributed by atoms with Gasteiger partial charge < -0.3 is 4.52 Å². The molecule has 3 heteroatoms. The summed E-state index contributed by atoms with van der Waals surface area (Å²) in [5.74, 6) is 0. The standard InChI is InChI=1S/C2H8BOP/c1-4-5-2-3/h5H,2-3H2,1H3. The van der Waals surface area contributed by atoms with Crippen molar-refractivity contribution in [1.29, 1.82) is 0 Å². The highest BCUT2D eigenvalue weighted by Gasteiger charge is 1.66. The van der Waals surface area contributed by atoms with Crippen LogP contribution in [-0.2, 0) is 4.52 Å². The minimum atomic E-state index is 0.698. The molecule has 0 spiro atoms. The number of rotatable bonds is 2. The predicted octanol–water partition coefficient (Wildman–Crippen LogP) is -0.183. The fourth-order valence-electron chi connectivity index (χ4n) is 0.144. The van der Waals surface area contributed by atoms with Crippen LogP contribution in [0.2, 0.25) is 0 Å². The Labute approximate surface area is 35.4 Å². The fourth-order valence-corrected chi connectivity index (χ4v) is 0.433. The Morgan fingerprint density at radius 1 is 2.00 bits per heavy atom. The van der Waals surface area contributed by atoms with Crippen molar-refractivity contribution in [3.05, 3.63) is 0 Å². The molecule has 0 aliphatic heterocycles. The molecule has 30 valence electrons.